The summed E-state index contributed by atoms with van der Waals surface area (Å²) in [6.07, 6.45) is 8.08. The number of hydrogen-bond acceptors (Lipinski definition) is 4. The van der Waals surface area contributed by atoms with Gasteiger partial charge in [-0.05, 0) is 25.0 Å². The first kappa shape index (κ1) is 17.4. The normalized spacial score (nSPS) is 21.2. The van der Waals surface area contributed by atoms with Crippen molar-refractivity contribution in [3.05, 3.63) is 30.1 Å². The van der Waals surface area contributed by atoms with Crippen LogP contribution in [0.25, 0.3) is 0 Å². The minimum atomic E-state index is 0.329. The molecule has 1 aromatic rings. The lowest BCUT2D eigenvalue weighted by Gasteiger charge is -2.35. The molecule has 3 heterocycles. The third-order valence-electron chi connectivity index (χ3n) is 5.14. The van der Waals surface area contributed by atoms with Crippen LogP contribution in [-0.2, 0) is 11.3 Å². The molecule has 0 bridgehead atoms. The number of likely N-dealkylation sites (tertiary alicyclic amines) is 1. The summed E-state index contributed by atoms with van der Waals surface area (Å²) in [6, 6.07) is 6.08. The van der Waals surface area contributed by atoms with E-state index in [-0.39, 0.29) is 0 Å². The second-order valence-corrected chi connectivity index (χ2v) is 7.02. The van der Waals surface area contributed by atoms with Crippen molar-refractivity contribution in [1.82, 2.24) is 19.7 Å². The van der Waals surface area contributed by atoms with Crippen LogP contribution in [0.1, 0.15) is 37.8 Å². The van der Waals surface area contributed by atoms with Gasteiger partial charge < -0.3 is 4.90 Å². The highest BCUT2D eigenvalue weighted by atomic mass is 16.2. The molecule has 132 valence electrons. The van der Waals surface area contributed by atoms with E-state index in [9.17, 15) is 4.79 Å². The molecule has 1 amide bonds. The van der Waals surface area contributed by atoms with E-state index >= 15 is 0 Å². The maximum absolute atomic E-state index is 12.6. The molecule has 0 atom stereocenters. The predicted molar refractivity (Wildman–Crippen MR) is 95.6 cm³/mol. The maximum Gasteiger partial charge on any atom is 0.236 e. The fourth-order valence-corrected chi connectivity index (χ4v) is 3.61. The quantitative estimate of drug-likeness (QED) is 0.846. The monoisotopic (exact) mass is 330 g/mol. The lowest BCUT2D eigenvalue weighted by molar-refractivity contribution is -0.133. The van der Waals surface area contributed by atoms with Crippen LogP contribution in [0.15, 0.2) is 24.4 Å². The average Bonchev–Trinajstić information content (AvgIpc) is 2.57. The Bertz CT molecular complexity index is 491. The number of carbonyl (C=O) groups is 1. The van der Waals surface area contributed by atoms with Crippen molar-refractivity contribution < 1.29 is 4.79 Å². The SMILES string of the molecule is O=C(CN1CCN(Cc2ccccn2)CC1)N1CCCCCCC1. The Labute approximate surface area is 145 Å². The third-order valence-corrected chi connectivity index (χ3v) is 5.14. The van der Waals surface area contributed by atoms with Gasteiger partial charge in [-0.2, -0.15) is 0 Å². The molecule has 0 radical (unpaired) electrons. The summed E-state index contributed by atoms with van der Waals surface area (Å²) in [5.74, 6) is 0.329. The lowest BCUT2D eigenvalue weighted by atomic mass is 10.1. The van der Waals surface area contributed by atoms with Gasteiger partial charge in [-0.3, -0.25) is 19.6 Å². The summed E-state index contributed by atoms with van der Waals surface area (Å²) in [7, 11) is 0. The van der Waals surface area contributed by atoms with E-state index in [0.29, 0.717) is 12.5 Å². The second-order valence-electron chi connectivity index (χ2n) is 7.02. The van der Waals surface area contributed by atoms with E-state index in [2.05, 4.69) is 25.8 Å². The summed E-state index contributed by atoms with van der Waals surface area (Å²) in [4.78, 5) is 23.8. The van der Waals surface area contributed by atoms with Gasteiger partial charge in [0.15, 0.2) is 0 Å². The van der Waals surface area contributed by atoms with Crippen LogP contribution >= 0.6 is 0 Å². The van der Waals surface area contributed by atoms with Crippen LogP contribution in [0, 0.1) is 0 Å². The molecule has 2 saturated heterocycles. The van der Waals surface area contributed by atoms with E-state index < -0.39 is 0 Å². The zero-order valence-corrected chi connectivity index (χ0v) is 14.7. The largest absolute Gasteiger partial charge is 0.342 e. The number of aromatic nitrogens is 1. The van der Waals surface area contributed by atoms with Gasteiger partial charge in [-0.1, -0.05) is 25.3 Å². The van der Waals surface area contributed by atoms with Gasteiger partial charge in [-0.25, -0.2) is 0 Å². The number of amides is 1. The minimum Gasteiger partial charge on any atom is -0.342 e. The van der Waals surface area contributed by atoms with Gasteiger partial charge in [0.1, 0.15) is 0 Å². The molecule has 2 aliphatic heterocycles. The summed E-state index contributed by atoms with van der Waals surface area (Å²) in [6.45, 7) is 7.41. The molecule has 0 aromatic carbocycles. The predicted octanol–water partition coefficient (Wildman–Crippen LogP) is 1.99. The molecular weight excluding hydrogens is 300 g/mol. The minimum absolute atomic E-state index is 0.329. The fraction of sp³-hybridized carbons (Fsp3) is 0.684. The fourth-order valence-electron chi connectivity index (χ4n) is 3.61. The van der Waals surface area contributed by atoms with E-state index in [1.807, 2.05) is 18.3 Å². The van der Waals surface area contributed by atoms with Crippen molar-refractivity contribution in [2.24, 2.45) is 0 Å². The van der Waals surface area contributed by atoms with E-state index in [4.69, 9.17) is 0 Å². The van der Waals surface area contributed by atoms with Crippen LogP contribution in [0.4, 0.5) is 0 Å². The Morgan fingerprint density at radius 2 is 1.54 bits per heavy atom. The molecule has 3 rings (SSSR count). The van der Waals surface area contributed by atoms with Gasteiger partial charge >= 0.3 is 0 Å². The molecule has 0 unspecified atom stereocenters. The Balaban J connectivity index is 1.40. The topological polar surface area (TPSA) is 39.7 Å². The van der Waals surface area contributed by atoms with Crippen molar-refractivity contribution >= 4 is 5.91 Å². The van der Waals surface area contributed by atoms with Crippen LogP contribution in [-0.4, -0.2) is 71.4 Å². The molecule has 0 aliphatic carbocycles. The van der Waals surface area contributed by atoms with Gasteiger partial charge in [0, 0.05) is 52.0 Å². The van der Waals surface area contributed by atoms with Crippen LogP contribution in [0.2, 0.25) is 0 Å². The molecule has 0 saturated carbocycles. The molecule has 24 heavy (non-hydrogen) atoms. The van der Waals surface area contributed by atoms with Crippen molar-refractivity contribution in [3.63, 3.8) is 0 Å². The van der Waals surface area contributed by atoms with Crippen LogP contribution in [0.5, 0.6) is 0 Å². The second kappa shape index (κ2) is 9.14. The Hall–Kier alpha value is -1.46. The number of rotatable bonds is 4. The van der Waals surface area contributed by atoms with Gasteiger partial charge in [-0.15, -0.1) is 0 Å². The first-order valence-electron chi connectivity index (χ1n) is 9.44. The smallest absolute Gasteiger partial charge is 0.236 e. The first-order valence-corrected chi connectivity index (χ1v) is 9.44. The molecule has 5 heteroatoms. The molecular formula is C19H30N4O. The van der Waals surface area contributed by atoms with Gasteiger partial charge in [0.05, 0.1) is 12.2 Å². The molecule has 2 aliphatic rings. The summed E-state index contributed by atoms with van der Waals surface area (Å²) in [5.41, 5.74) is 1.13. The first-order chi connectivity index (χ1) is 11.8. The lowest BCUT2D eigenvalue weighted by Crippen LogP contribution is -2.50. The van der Waals surface area contributed by atoms with E-state index in [1.54, 1.807) is 0 Å². The van der Waals surface area contributed by atoms with Crippen LogP contribution < -0.4 is 0 Å². The van der Waals surface area contributed by atoms with E-state index in [1.165, 1.54) is 32.1 Å². The highest BCUT2D eigenvalue weighted by molar-refractivity contribution is 5.78. The number of pyridine rings is 1. The standard InChI is InChI=1S/C19H30N4O/c24-19(23-10-6-2-1-3-7-11-23)17-22-14-12-21(13-15-22)16-18-8-4-5-9-20-18/h4-5,8-9H,1-3,6-7,10-17H2. The number of carbonyl (C=O) groups excluding carboxylic acids is 1. The summed E-state index contributed by atoms with van der Waals surface area (Å²) >= 11 is 0. The average molecular weight is 330 g/mol. The van der Waals surface area contributed by atoms with Crippen molar-refractivity contribution in [1.29, 1.82) is 0 Å². The number of piperazine rings is 1. The van der Waals surface area contributed by atoms with Crippen molar-refractivity contribution in [2.75, 3.05) is 45.8 Å². The summed E-state index contributed by atoms with van der Waals surface area (Å²) in [5, 5.41) is 0. The molecule has 5 nitrogen and oxygen atoms in total. The highest BCUT2D eigenvalue weighted by Crippen LogP contribution is 2.12. The number of hydrogen-bond donors (Lipinski definition) is 0. The zero-order chi connectivity index (χ0) is 16.6. The van der Waals surface area contributed by atoms with Gasteiger partial charge in [0.25, 0.3) is 0 Å². The molecule has 0 N–H and O–H groups in total. The number of nitrogens with zero attached hydrogens (tertiary/aromatic N) is 4. The van der Waals surface area contributed by atoms with E-state index in [0.717, 1.165) is 51.5 Å². The Morgan fingerprint density at radius 1 is 0.875 bits per heavy atom. The highest BCUT2D eigenvalue weighted by Gasteiger charge is 2.22. The Kier molecular flexibility index (Phi) is 6.61. The summed E-state index contributed by atoms with van der Waals surface area (Å²) < 4.78 is 0. The molecule has 2 fully saturated rings. The van der Waals surface area contributed by atoms with Gasteiger partial charge in [0.2, 0.25) is 5.91 Å². The third kappa shape index (κ3) is 5.28. The zero-order valence-electron chi connectivity index (χ0n) is 14.7. The maximum atomic E-state index is 12.6. The van der Waals surface area contributed by atoms with Crippen molar-refractivity contribution in [2.45, 2.75) is 38.6 Å². The Morgan fingerprint density at radius 3 is 2.21 bits per heavy atom. The molecule has 0 spiro atoms. The molecule has 1 aromatic heterocycles. The van der Waals surface area contributed by atoms with Crippen LogP contribution in [0.3, 0.4) is 0 Å². The van der Waals surface area contributed by atoms with Crippen molar-refractivity contribution in [3.8, 4) is 0 Å².